The number of hydrogen-bond donors (Lipinski definition) is 0. The lowest BCUT2D eigenvalue weighted by Crippen LogP contribution is -2.33. The Balaban J connectivity index is 2.29. The minimum absolute atomic E-state index is 0.0696. The summed E-state index contributed by atoms with van der Waals surface area (Å²) in [5.41, 5.74) is 0.521. The van der Waals surface area contributed by atoms with Crippen molar-refractivity contribution in [3.05, 3.63) is 42.0 Å². The first-order chi connectivity index (χ1) is 8.51. The number of benzene rings is 1. The molecular formula is C13H15NO3S. The molecule has 0 amide bonds. The Bertz CT molecular complexity index is 573. The molecule has 18 heavy (non-hydrogen) atoms. The van der Waals surface area contributed by atoms with Gasteiger partial charge in [-0.25, -0.2) is 8.42 Å². The maximum absolute atomic E-state index is 12.3. The highest BCUT2D eigenvalue weighted by Crippen LogP contribution is 2.18. The van der Waals surface area contributed by atoms with E-state index in [-0.39, 0.29) is 10.7 Å². The summed E-state index contributed by atoms with van der Waals surface area (Å²) in [6.45, 7) is 2.38. The first kappa shape index (κ1) is 13.0. The minimum Gasteiger partial charge on any atom is -0.295 e. The molecular weight excluding hydrogens is 250 g/mol. The maximum Gasteiger partial charge on any atom is 0.243 e. The standard InChI is InChI=1S/C13H15NO3S/c1-11(15)12-5-7-13(8-6-12)18(16,17)14-9-3-2-4-10-14/h2-3,5-8H,4,9-10H2,1H3. The van der Waals surface area contributed by atoms with Crippen LogP contribution in [-0.2, 0) is 10.0 Å². The van der Waals surface area contributed by atoms with Gasteiger partial charge < -0.3 is 0 Å². The fourth-order valence-electron chi connectivity index (χ4n) is 1.85. The van der Waals surface area contributed by atoms with Crippen molar-refractivity contribution in [3.8, 4) is 0 Å². The SMILES string of the molecule is CC(=O)c1ccc(S(=O)(=O)N2CC=CCC2)cc1. The third-order valence-corrected chi connectivity index (χ3v) is 4.80. The van der Waals surface area contributed by atoms with Crippen LogP contribution >= 0.6 is 0 Å². The van der Waals surface area contributed by atoms with Crippen molar-refractivity contribution in [1.29, 1.82) is 0 Å². The van der Waals surface area contributed by atoms with Crippen LogP contribution in [0.3, 0.4) is 0 Å². The van der Waals surface area contributed by atoms with Crippen LogP contribution in [0.5, 0.6) is 0 Å². The first-order valence-corrected chi connectivity index (χ1v) is 7.22. The van der Waals surface area contributed by atoms with Crippen molar-refractivity contribution in [1.82, 2.24) is 4.31 Å². The number of Topliss-reactive ketones (excluding diaryl/α,β-unsaturated/α-hetero) is 1. The number of sulfonamides is 1. The highest BCUT2D eigenvalue weighted by molar-refractivity contribution is 7.89. The lowest BCUT2D eigenvalue weighted by molar-refractivity contribution is 0.101. The summed E-state index contributed by atoms with van der Waals surface area (Å²) >= 11 is 0. The highest BCUT2D eigenvalue weighted by atomic mass is 32.2. The quantitative estimate of drug-likeness (QED) is 0.619. The molecule has 2 rings (SSSR count). The molecule has 96 valence electrons. The molecule has 1 aliphatic rings. The van der Waals surface area contributed by atoms with E-state index in [0.717, 1.165) is 6.42 Å². The molecule has 0 radical (unpaired) electrons. The topological polar surface area (TPSA) is 54.5 Å². The van der Waals surface area contributed by atoms with Crippen LogP contribution in [0.25, 0.3) is 0 Å². The van der Waals surface area contributed by atoms with E-state index in [1.807, 2.05) is 12.2 Å². The van der Waals surface area contributed by atoms with E-state index in [2.05, 4.69) is 0 Å². The zero-order valence-electron chi connectivity index (χ0n) is 10.2. The summed E-state index contributed by atoms with van der Waals surface area (Å²) < 4.78 is 26.0. The largest absolute Gasteiger partial charge is 0.295 e. The Labute approximate surface area is 107 Å². The molecule has 1 aliphatic heterocycles. The van der Waals surface area contributed by atoms with Crippen LogP contribution in [-0.4, -0.2) is 31.6 Å². The molecule has 0 spiro atoms. The van der Waals surface area contributed by atoms with Crippen molar-refractivity contribution < 1.29 is 13.2 Å². The molecule has 0 N–H and O–H groups in total. The highest BCUT2D eigenvalue weighted by Gasteiger charge is 2.24. The van der Waals surface area contributed by atoms with Gasteiger partial charge in [-0.15, -0.1) is 0 Å². The molecule has 0 aromatic heterocycles. The average molecular weight is 265 g/mol. The van der Waals surface area contributed by atoms with Gasteiger partial charge in [0.2, 0.25) is 10.0 Å². The normalized spacial score (nSPS) is 16.7. The molecule has 1 aromatic rings. The second-order valence-electron chi connectivity index (χ2n) is 4.20. The average Bonchev–Trinajstić information content (AvgIpc) is 2.40. The van der Waals surface area contributed by atoms with E-state index in [1.165, 1.54) is 23.4 Å². The van der Waals surface area contributed by atoms with E-state index >= 15 is 0 Å². The van der Waals surface area contributed by atoms with E-state index in [1.54, 1.807) is 12.1 Å². The summed E-state index contributed by atoms with van der Waals surface area (Å²) in [5, 5.41) is 0. The van der Waals surface area contributed by atoms with Crippen LogP contribution in [0.4, 0.5) is 0 Å². The van der Waals surface area contributed by atoms with E-state index in [4.69, 9.17) is 0 Å². The van der Waals surface area contributed by atoms with Crippen molar-refractivity contribution in [2.24, 2.45) is 0 Å². The van der Waals surface area contributed by atoms with Gasteiger partial charge in [0.25, 0.3) is 0 Å². The predicted molar refractivity (Wildman–Crippen MR) is 69.0 cm³/mol. The molecule has 1 heterocycles. The van der Waals surface area contributed by atoms with Crippen molar-refractivity contribution in [2.75, 3.05) is 13.1 Å². The Kier molecular flexibility index (Phi) is 3.63. The van der Waals surface area contributed by atoms with Gasteiger partial charge in [0.1, 0.15) is 0 Å². The summed E-state index contributed by atoms with van der Waals surface area (Å²) in [5.74, 6) is -0.0696. The molecule has 0 aliphatic carbocycles. The van der Waals surface area contributed by atoms with Gasteiger partial charge >= 0.3 is 0 Å². The molecule has 0 atom stereocenters. The van der Waals surface area contributed by atoms with Crippen LogP contribution in [0.15, 0.2) is 41.3 Å². The molecule has 0 fully saturated rings. The fourth-order valence-corrected chi connectivity index (χ4v) is 3.26. The number of ketones is 1. The Morgan fingerprint density at radius 3 is 2.33 bits per heavy atom. The van der Waals surface area contributed by atoms with Crippen molar-refractivity contribution in [3.63, 3.8) is 0 Å². The number of nitrogens with zero attached hydrogens (tertiary/aromatic N) is 1. The third-order valence-electron chi connectivity index (χ3n) is 2.92. The van der Waals surface area contributed by atoms with Gasteiger partial charge in [0, 0.05) is 18.7 Å². The van der Waals surface area contributed by atoms with E-state index in [9.17, 15) is 13.2 Å². The smallest absolute Gasteiger partial charge is 0.243 e. The van der Waals surface area contributed by atoms with Gasteiger partial charge in [-0.3, -0.25) is 4.79 Å². The number of carbonyl (C=O) groups is 1. The van der Waals surface area contributed by atoms with E-state index in [0.29, 0.717) is 18.7 Å². The Hall–Kier alpha value is -1.46. The zero-order chi connectivity index (χ0) is 13.2. The molecule has 5 heteroatoms. The predicted octanol–water partition coefficient (Wildman–Crippen LogP) is 1.84. The molecule has 0 bridgehead atoms. The van der Waals surface area contributed by atoms with Crippen LogP contribution in [0.2, 0.25) is 0 Å². The molecule has 0 unspecified atom stereocenters. The van der Waals surface area contributed by atoms with Gasteiger partial charge in [-0.1, -0.05) is 24.3 Å². The van der Waals surface area contributed by atoms with Gasteiger partial charge in [-0.2, -0.15) is 4.31 Å². The first-order valence-electron chi connectivity index (χ1n) is 5.78. The molecule has 0 saturated carbocycles. The van der Waals surface area contributed by atoms with Crippen molar-refractivity contribution >= 4 is 15.8 Å². The Morgan fingerprint density at radius 2 is 1.83 bits per heavy atom. The summed E-state index contributed by atoms with van der Waals surface area (Å²) in [6.07, 6.45) is 4.57. The third kappa shape index (κ3) is 2.52. The van der Waals surface area contributed by atoms with Gasteiger partial charge in [0.05, 0.1) is 4.90 Å². The maximum atomic E-state index is 12.3. The molecule has 1 aromatic carbocycles. The monoisotopic (exact) mass is 265 g/mol. The molecule has 4 nitrogen and oxygen atoms in total. The summed E-state index contributed by atoms with van der Waals surface area (Å²) in [6, 6.07) is 6.08. The minimum atomic E-state index is -3.43. The summed E-state index contributed by atoms with van der Waals surface area (Å²) in [4.78, 5) is 11.4. The van der Waals surface area contributed by atoms with Crippen LogP contribution in [0, 0.1) is 0 Å². The Morgan fingerprint density at radius 1 is 1.17 bits per heavy atom. The van der Waals surface area contributed by atoms with Crippen molar-refractivity contribution in [2.45, 2.75) is 18.2 Å². The number of hydrogen-bond acceptors (Lipinski definition) is 3. The van der Waals surface area contributed by atoms with Gasteiger partial charge in [0.15, 0.2) is 5.78 Å². The molecule has 0 saturated heterocycles. The number of carbonyl (C=O) groups excluding carboxylic acids is 1. The lowest BCUT2D eigenvalue weighted by atomic mass is 10.2. The van der Waals surface area contributed by atoms with Crippen LogP contribution in [0.1, 0.15) is 23.7 Å². The second kappa shape index (κ2) is 5.04. The van der Waals surface area contributed by atoms with Crippen LogP contribution < -0.4 is 0 Å². The van der Waals surface area contributed by atoms with E-state index < -0.39 is 10.0 Å². The second-order valence-corrected chi connectivity index (χ2v) is 6.14. The lowest BCUT2D eigenvalue weighted by Gasteiger charge is -2.22. The summed E-state index contributed by atoms with van der Waals surface area (Å²) in [7, 11) is -3.43. The van der Waals surface area contributed by atoms with Gasteiger partial charge in [-0.05, 0) is 25.5 Å². The zero-order valence-corrected chi connectivity index (χ0v) is 11.0. The fraction of sp³-hybridized carbons (Fsp3) is 0.308. The number of rotatable bonds is 3.